The molecular formula is C32H25F3N6O3S2. The molecule has 0 radical (unpaired) electrons. The summed E-state index contributed by atoms with van der Waals surface area (Å²) in [5.41, 5.74) is 2.17. The summed E-state index contributed by atoms with van der Waals surface area (Å²) in [5.74, 6) is 0.407. The van der Waals surface area contributed by atoms with Gasteiger partial charge >= 0.3 is 6.18 Å². The summed E-state index contributed by atoms with van der Waals surface area (Å²) < 4.78 is 78.6. The molecule has 1 saturated heterocycles. The Labute approximate surface area is 267 Å². The lowest BCUT2D eigenvalue weighted by molar-refractivity contribution is -0.137. The second-order valence-corrected chi connectivity index (χ2v) is 13.0. The molecule has 0 spiro atoms. The van der Waals surface area contributed by atoms with Crippen LogP contribution in [0.2, 0.25) is 0 Å². The largest absolute Gasteiger partial charge is 0.455 e. The van der Waals surface area contributed by atoms with Gasteiger partial charge in [-0.2, -0.15) is 22.8 Å². The molecule has 0 atom stereocenters. The average Bonchev–Trinajstić information content (AvgIpc) is 3.76. The monoisotopic (exact) mass is 662 g/mol. The van der Waals surface area contributed by atoms with Gasteiger partial charge in [0.15, 0.2) is 0 Å². The van der Waals surface area contributed by atoms with E-state index in [0.717, 1.165) is 55.3 Å². The molecule has 0 unspecified atom stereocenters. The standard InChI is InChI=1S/C32H25F3N6O3S2/c33-32(34,35)25-5-3-4-21(14-25)22-6-8-30(28(17-22)23-10-11-37-26(15-23)19-41-12-1-2-13-41)44-29-9-7-27(16-24(29)18-36)46(42,43)40-31-38-20-39-45-31/h3-11,14-17,20H,1-2,12-13,19H2,(H,38,39,40). The zero-order chi connectivity index (χ0) is 32.3. The number of nitrogens with one attached hydrogen (secondary N) is 1. The highest BCUT2D eigenvalue weighted by atomic mass is 32.2. The van der Waals surface area contributed by atoms with Crippen LogP contribution in [-0.2, 0) is 22.7 Å². The highest BCUT2D eigenvalue weighted by Crippen LogP contribution is 2.39. The van der Waals surface area contributed by atoms with E-state index in [4.69, 9.17) is 4.74 Å². The number of likely N-dealkylation sites (tertiary alicyclic amines) is 1. The maximum Gasteiger partial charge on any atom is 0.416 e. The fourth-order valence-electron chi connectivity index (χ4n) is 5.16. The zero-order valence-corrected chi connectivity index (χ0v) is 25.7. The number of sulfonamides is 1. The van der Waals surface area contributed by atoms with Crippen molar-refractivity contribution in [3.63, 3.8) is 0 Å². The molecular weight excluding hydrogens is 638 g/mol. The summed E-state index contributed by atoms with van der Waals surface area (Å²) in [6.07, 6.45) is 0.630. The molecule has 3 aromatic carbocycles. The Kier molecular flexibility index (Phi) is 8.72. The number of aromatic nitrogens is 3. The van der Waals surface area contributed by atoms with Gasteiger partial charge in [0.25, 0.3) is 10.0 Å². The highest BCUT2D eigenvalue weighted by molar-refractivity contribution is 7.93. The van der Waals surface area contributed by atoms with Crippen LogP contribution in [0.25, 0.3) is 22.3 Å². The molecule has 0 saturated carbocycles. The maximum atomic E-state index is 13.5. The number of anilines is 1. The second-order valence-electron chi connectivity index (χ2n) is 10.5. The van der Waals surface area contributed by atoms with Crippen LogP contribution in [0.15, 0.2) is 90.2 Å². The van der Waals surface area contributed by atoms with Gasteiger partial charge in [0.2, 0.25) is 5.13 Å². The second kappa shape index (κ2) is 12.9. The van der Waals surface area contributed by atoms with Crippen molar-refractivity contribution in [1.29, 1.82) is 5.26 Å². The van der Waals surface area contributed by atoms with Crippen molar-refractivity contribution in [2.24, 2.45) is 0 Å². The number of hydrogen-bond acceptors (Lipinski definition) is 9. The SMILES string of the molecule is N#Cc1cc(S(=O)(=O)Nc2ncns2)ccc1Oc1ccc(-c2cccc(C(F)(F)F)c2)cc1-c1ccnc(CN2CCCC2)c1. The number of alkyl halides is 3. The third-order valence-electron chi connectivity index (χ3n) is 7.40. The normalized spacial score (nSPS) is 13.8. The quantitative estimate of drug-likeness (QED) is 0.174. The molecule has 6 rings (SSSR count). The lowest BCUT2D eigenvalue weighted by atomic mass is 9.97. The number of halogens is 3. The van der Waals surface area contributed by atoms with Gasteiger partial charge in [-0.05, 0) is 97.2 Å². The van der Waals surface area contributed by atoms with Gasteiger partial charge in [-0.25, -0.2) is 13.4 Å². The molecule has 1 aliphatic rings. The van der Waals surface area contributed by atoms with Crippen LogP contribution in [0.5, 0.6) is 11.5 Å². The smallest absolute Gasteiger partial charge is 0.416 e. The Balaban J connectivity index is 1.39. The molecule has 3 heterocycles. The molecule has 0 amide bonds. The predicted molar refractivity (Wildman–Crippen MR) is 167 cm³/mol. The lowest BCUT2D eigenvalue weighted by Gasteiger charge is -2.17. The van der Waals surface area contributed by atoms with Gasteiger partial charge in [0.1, 0.15) is 23.9 Å². The predicted octanol–water partition coefficient (Wildman–Crippen LogP) is 7.35. The first-order chi connectivity index (χ1) is 22.1. The molecule has 2 aromatic heterocycles. The third kappa shape index (κ3) is 7.02. The number of rotatable bonds is 9. The molecule has 46 heavy (non-hydrogen) atoms. The Morgan fingerprint density at radius 1 is 0.935 bits per heavy atom. The van der Waals surface area contributed by atoms with E-state index in [0.29, 0.717) is 34.5 Å². The summed E-state index contributed by atoms with van der Waals surface area (Å²) in [4.78, 5) is 10.5. The topological polar surface area (TPSA) is 121 Å². The first kappa shape index (κ1) is 31.2. The lowest BCUT2D eigenvalue weighted by Crippen LogP contribution is -2.19. The van der Waals surface area contributed by atoms with Crippen LogP contribution in [0, 0.1) is 11.3 Å². The third-order valence-corrected chi connectivity index (χ3v) is 9.45. The van der Waals surface area contributed by atoms with E-state index in [1.807, 2.05) is 12.1 Å². The number of nitrogens with zero attached hydrogens (tertiary/aromatic N) is 5. The van der Waals surface area contributed by atoms with Crippen LogP contribution in [-0.4, -0.2) is 40.7 Å². The minimum Gasteiger partial charge on any atom is -0.455 e. The van der Waals surface area contributed by atoms with Crippen LogP contribution >= 0.6 is 11.5 Å². The molecule has 14 heteroatoms. The van der Waals surface area contributed by atoms with Crippen LogP contribution in [0.4, 0.5) is 18.3 Å². The van der Waals surface area contributed by atoms with E-state index >= 15 is 0 Å². The number of nitriles is 1. The number of hydrogen-bond donors (Lipinski definition) is 1. The first-order valence-electron chi connectivity index (χ1n) is 14.1. The summed E-state index contributed by atoms with van der Waals surface area (Å²) in [6.45, 7) is 2.60. The summed E-state index contributed by atoms with van der Waals surface area (Å²) in [6, 6.07) is 19.6. The van der Waals surface area contributed by atoms with E-state index in [1.54, 1.807) is 36.5 Å². The minimum absolute atomic E-state index is 0.0440. The summed E-state index contributed by atoms with van der Waals surface area (Å²) in [5, 5.41) is 9.99. The van der Waals surface area contributed by atoms with Gasteiger partial charge in [-0.3, -0.25) is 14.6 Å². The van der Waals surface area contributed by atoms with Crippen molar-refractivity contribution in [3.05, 3.63) is 102 Å². The molecule has 234 valence electrons. The van der Waals surface area contributed by atoms with Crippen molar-refractivity contribution in [2.45, 2.75) is 30.5 Å². The summed E-state index contributed by atoms with van der Waals surface area (Å²) >= 11 is 0.866. The van der Waals surface area contributed by atoms with Crippen molar-refractivity contribution < 1.29 is 26.3 Å². The average molecular weight is 663 g/mol. The molecule has 1 aliphatic heterocycles. The fourth-order valence-corrected chi connectivity index (χ4v) is 6.85. The molecule has 0 aliphatic carbocycles. The Bertz CT molecular complexity index is 2020. The van der Waals surface area contributed by atoms with E-state index in [9.17, 15) is 26.9 Å². The van der Waals surface area contributed by atoms with Gasteiger partial charge in [0, 0.05) is 29.8 Å². The number of pyridine rings is 1. The Morgan fingerprint density at radius 2 is 1.72 bits per heavy atom. The van der Waals surface area contributed by atoms with Crippen molar-refractivity contribution in [2.75, 3.05) is 17.8 Å². The minimum atomic E-state index is -4.50. The highest BCUT2D eigenvalue weighted by Gasteiger charge is 2.30. The van der Waals surface area contributed by atoms with E-state index in [1.165, 1.54) is 30.6 Å². The van der Waals surface area contributed by atoms with Gasteiger partial charge in [-0.15, -0.1) is 0 Å². The van der Waals surface area contributed by atoms with E-state index in [-0.39, 0.29) is 21.3 Å². The molecule has 1 fully saturated rings. The van der Waals surface area contributed by atoms with Crippen molar-refractivity contribution in [1.82, 2.24) is 19.2 Å². The van der Waals surface area contributed by atoms with Crippen molar-refractivity contribution >= 4 is 26.7 Å². The fraction of sp³-hybridized carbons (Fsp3) is 0.188. The van der Waals surface area contributed by atoms with Gasteiger partial charge in [0.05, 0.1) is 21.7 Å². The molecule has 1 N–H and O–H groups in total. The van der Waals surface area contributed by atoms with Gasteiger partial charge in [-0.1, -0.05) is 18.2 Å². The van der Waals surface area contributed by atoms with Gasteiger partial charge < -0.3 is 4.74 Å². The number of benzene rings is 3. The first-order valence-corrected chi connectivity index (χ1v) is 16.4. The summed E-state index contributed by atoms with van der Waals surface area (Å²) in [7, 11) is -4.06. The van der Waals surface area contributed by atoms with Crippen LogP contribution in [0.3, 0.4) is 0 Å². The van der Waals surface area contributed by atoms with Crippen LogP contribution < -0.4 is 9.46 Å². The van der Waals surface area contributed by atoms with E-state index < -0.39 is 21.8 Å². The number of ether oxygens (including phenoxy) is 1. The maximum absolute atomic E-state index is 13.5. The Hall–Kier alpha value is -4.84. The molecule has 0 bridgehead atoms. The Morgan fingerprint density at radius 3 is 2.46 bits per heavy atom. The molecule has 9 nitrogen and oxygen atoms in total. The van der Waals surface area contributed by atoms with Crippen molar-refractivity contribution in [3.8, 4) is 39.8 Å². The van der Waals surface area contributed by atoms with Crippen LogP contribution in [0.1, 0.15) is 29.7 Å². The molecule has 5 aromatic rings. The van der Waals surface area contributed by atoms with E-state index in [2.05, 4.69) is 24.0 Å². The zero-order valence-electron chi connectivity index (χ0n) is 24.0.